The molecule has 1 aromatic carbocycles. The van der Waals surface area contributed by atoms with Gasteiger partial charge < -0.3 is 10.0 Å². The van der Waals surface area contributed by atoms with Crippen molar-refractivity contribution < 1.29 is 14.4 Å². The van der Waals surface area contributed by atoms with E-state index < -0.39 is 10.7 Å². The van der Waals surface area contributed by atoms with Gasteiger partial charge in [0.05, 0.1) is 21.1 Å². The molecule has 1 fully saturated rings. The van der Waals surface area contributed by atoms with E-state index in [2.05, 4.69) is 0 Å². The number of nitro benzene ring substituents is 1. The fraction of sp³-hybridized carbons (Fsp3) is 0.500. The Balaban J connectivity index is 2.47. The average molecular weight is 380 g/mol. The highest BCUT2D eigenvalue weighted by Gasteiger charge is 2.28. The van der Waals surface area contributed by atoms with Crippen LogP contribution in [0.15, 0.2) is 12.1 Å². The van der Waals surface area contributed by atoms with Gasteiger partial charge in [-0.1, -0.05) is 0 Å². The molecule has 0 spiro atoms. The molecule has 1 saturated heterocycles. The van der Waals surface area contributed by atoms with Gasteiger partial charge in [-0.15, -0.1) is 0 Å². The molecule has 2 rings (SSSR count). The molecule has 1 aliphatic heterocycles. The van der Waals surface area contributed by atoms with E-state index in [1.807, 2.05) is 0 Å². The number of hydrogen-bond acceptors (Lipinski definition) is 4. The molecule has 0 saturated carbocycles. The summed E-state index contributed by atoms with van der Waals surface area (Å²) >= 11 is 1.74. The van der Waals surface area contributed by atoms with Crippen LogP contribution in [0.3, 0.4) is 0 Å². The Bertz CT molecular complexity index is 498. The molecule has 0 bridgehead atoms. The van der Waals surface area contributed by atoms with Crippen LogP contribution in [0.2, 0.25) is 0 Å². The second-order valence-electron chi connectivity index (χ2n) is 4.54. The highest BCUT2D eigenvalue weighted by atomic mass is 127. The Labute approximate surface area is 123 Å². The zero-order chi connectivity index (χ0) is 14.0. The highest BCUT2D eigenvalue weighted by Crippen LogP contribution is 2.35. The number of aliphatic hydroxyl groups is 1. The Morgan fingerprint density at radius 3 is 2.89 bits per heavy atom. The lowest BCUT2D eigenvalue weighted by Gasteiger charge is -2.36. The van der Waals surface area contributed by atoms with Crippen molar-refractivity contribution in [1.82, 2.24) is 0 Å². The Morgan fingerprint density at radius 1 is 1.53 bits per heavy atom. The lowest BCUT2D eigenvalue weighted by Crippen LogP contribution is -2.42. The van der Waals surface area contributed by atoms with Gasteiger partial charge in [-0.05, 0) is 41.9 Å². The standard InChI is InChI=1S/C12H14FIN2O3/c13-9-5-11(12(16(18)19)6-10(9)14)15-4-2-1-3-8(15)7-17/h5-6,8,17H,1-4,7H2. The van der Waals surface area contributed by atoms with E-state index in [1.54, 1.807) is 27.5 Å². The topological polar surface area (TPSA) is 66.6 Å². The fourth-order valence-electron chi connectivity index (χ4n) is 2.41. The first kappa shape index (κ1) is 14.4. The van der Waals surface area contributed by atoms with Crippen LogP contribution in [0, 0.1) is 19.5 Å². The van der Waals surface area contributed by atoms with E-state index in [9.17, 15) is 19.6 Å². The molecule has 0 aromatic heterocycles. The predicted molar refractivity (Wildman–Crippen MR) is 77.8 cm³/mol. The van der Waals surface area contributed by atoms with Gasteiger partial charge in [-0.25, -0.2) is 4.39 Å². The van der Waals surface area contributed by atoms with Crippen LogP contribution in [-0.2, 0) is 0 Å². The summed E-state index contributed by atoms with van der Waals surface area (Å²) in [5, 5.41) is 20.5. The third kappa shape index (κ3) is 2.97. The molecule has 1 atom stereocenters. The van der Waals surface area contributed by atoms with Crippen LogP contribution < -0.4 is 4.90 Å². The van der Waals surface area contributed by atoms with Crippen LogP contribution in [-0.4, -0.2) is 29.2 Å². The molecule has 7 heteroatoms. The Hall–Kier alpha value is -0.960. The van der Waals surface area contributed by atoms with Gasteiger partial charge in [0, 0.05) is 18.7 Å². The number of benzene rings is 1. The van der Waals surface area contributed by atoms with Gasteiger partial charge in [-0.3, -0.25) is 10.1 Å². The minimum atomic E-state index is -0.500. The first-order valence-electron chi connectivity index (χ1n) is 6.05. The number of hydrogen-bond donors (Lipinski definition) is 1. The minimum Gasteiger partial charge on any atom is -0.394 e. The second kappa shape index (κ2) is 6.00. The smallest absolute Gasteiger partial charge is 0.293 e. The Kier molecular flexibility index (Phi) is 4.56. The SMILES string of the molecule is O=[N+]([O-])c1cc(I)c(F)cc1N1CCCCC1CO. The maximum atomic E-state index is 13.7. The van der Waals surface area contributed by atoms with Gasteiger partial charge in [0.25, 0.3) is 5.69 Å². The summed E-state index contributed by atoms with van der Waals surface area (Å²) in [6, 6.07) is 2.27. The van der Waals surface area contributed by atoms with E-state index in [0.29, 0.717) is 6.54 Å². The summed E-state index contributed by atoms with van der Waals surface area (Å²) in [7, 11) is 0. The maximum Gasteiger partial charge on any atom is 0.293 e. The maximum absolute atomic E-state index is 13.7. The minimum absolute atomic E-state index is 0.0786. The van der Waals surface area contributed by atoms with Crippen molar-refractivity contribution in [3.63, 3.8) is 0 Å². The molecule has 0 aliphatic carbocycles. The molecule has 104 valence electrons. The van der Waals surface area contributed by atoms with Crippen LogP contribution in [0.25, 0.3) is 0 Å². The summed E-state index contributed by atoms with van der Waals surface area (Å²) in [4.78, 5) is 12.4. The van der Waals surface area contributed by atoms with Crippen molar-refractivity contribution in [3.05, 3.63) is 31.6 Å². The molecular formula is C12H14FIN2O3. The fourth-order valence-corrected chi connectivity index (χ4v) is 2.86. The van der Waals surface area contributed by atoms with E-state index in [-0.39, 0.29) is 27.6 Å². The first-order valence-corrected chi connectivity index (χ1v) is 7.13. The zero-order valence-electron chi connectivity index (χ0n) is 10.2. The van der Waals surface area contributed by atoms with Gasteiger partial charge in [-0.2, -0.15) is 0 Å². The molecule has 19 heavy (non-hydrogen) atoms. The predicted octanol–water partition coefficient (Wildman–Crippen LogP) is 2.69. The van der Waals surface area contributed by atoms with Crippen molar-refractivity contribution >= 4 is 34.0 Å². The molecule has 1 unspecified atom stereocenters. The van der Waals surface area contributed by atoms with E-state index in [1.165, 1.54) is 12.1 Å². The normalized spacial score (nSPS) is 19.5. The summed E-state index contributed by atoms with van der Waals surface area (Å²) < 4.78 is 13.9. The van der Waals surface area contributed by atoms with Crippen LogP contribution >= 0.6 is 22.6 Å². The number of piperidine rings is 1. The van der Waals surface area contributed by atoms with Crippen molar-refractivity contribution in [3.8, 4) is 0 Å². The van der Waals surface area contributed by atoms with Crippen molar-refractivity contribution in [2.75, 3.05) is 18.1 Å². The first-order chi connectivity index (χ1) is 9.04. The van der Waals surface area contributed by atoms with Gasteiger partial charge in [0.1, 0.15) is 11.5 Å². The molecule has 1 aromatic rings. The van der Waals surface area contributed by atoms with Crippen molar-refractivity contribution in [1.29, 1.82) is 0 Å². The van der Waals surface area contributed by atoms with Gasteiger partial charge in [0.15, 0.2) is 0 Å². The quantitative estimate of drug-likeness (QED) is 0.498. The number of anilines is 1. The van der Waals surface area contributed by atoms with Crippen LogP contribution in [0.5, 0.6) is 0 Å². The summed E-state index contributed by atoms with van der Waals surface area (Å²) in [6.45, 7) is 0.525. The molecule has 0 radical (unpaired) electrons. The van der Waals surface area contributed by atoms with E-state index in [0.717, 1.165) is 19.3 Å². The van der Waals surface area contributed by atoms with Crippen LogP contribution in [0.4, 0.5) is 15.8 Å². The van der Waals surface area contributed by atoms with Crippen LogP contribution in [0.1, 0.15) is 19.3 Å². The van der Waals surface area contributed by atoms with Gasteiger partial charge >= 0.3 is 0 Å². The molecular weight excluding hydrogens is 366 g/mol. The monoisotopic (exact) mass is 380 g/mol. The second-order valence-corrected chi connectivity index (χ2v) is 5.70. The average Bonchev–Trinajstić information content (AvgIpc) is 2.41. The third-order valence-corrected chi connectivity index (χ3v) is 4.19. The number of halogens is 2. The lowest BCUT2D eigenvalue weighted by molar-refractivity contribution is -0.384. The summed E-state index contributed by atoms with van der Waals surface area (Å²) in [5.41, 5.74) is 0.160. The number of nitro groups is 1. The largest absolute Gasteiger partial charge is 0.394 e. The Morgan fingerprint density at radius 2 is 2.26 bits per heavy atom. The van der Waals surface area contributed by atoms with Crippen molar-refractivity contribution in [2.45, 2.75) is 25.3 Å². The summed E-state index contributed by atoms with van der Waals surface area (Å²) in [5.74, 6) is -0.469. The van der Waals surface area contributed by atoms with Gasteiger partial charge in [0.2, 0.25) is 0 Å². The lowest BCUT2D eigenvalue weighted by atomic mass is 10.0. The number of rotatable bonds is 3. The number of nitrogens with zero attached hydrogens (tertiary/aromatic N) is 2. The zero-order valence-corrected chi connectivity index (χ0v) is 12.3. The molecule has 1 N–H and O–H groups in total. The summed E-state index contributed by atoms with van der Waals surface area (Å²) in [6.07, 6.45) is 2.63. The van der Waals surface area contributed by atoms with Crippen molar-refractivity contribution in [2.24, 2.45) is 0 Å². The molecule has 0 amide bonds. The molecule has 1 aliphatic rings. The highest BCUT2D eigenvalue weighted by molar-refractivity contribution is 14.1. The third-order valence-electron chi connectivity index (χ3n) is 3.36. The molecule has 5 nitrogen and oxygen atoms in total. The van der Waals surface area contributed by atoms with E-state index in [4.69, 9.17) is 0 Å². The van der Waals surface area contributed by atoms with E-state index >= 15 is 0 Å². The molecule has 1 heterocycles. The number of aliphatic hydroxyl groups excluding tert-OH is 1.